The van der Waals surface area contributed by atoms with E-state index in [1.807, 2.05) is 61.5 Å². The number of hydrogen-bond donors (Lipinski definition) is 0. The molecule has 0 aromatic heterocycles. The average molecular weight is 336 g/mol. The SMILES string of the molecule is Cc1cccc(N(Cc2ccccc2)C(=O)c2ccc(Cl)cc2)c1. The topological polar surface area (TPSA) is 20.3 Å². The van der Waals surface area contributed by atoms with Gasteiger partial charge in [-0.1, -0.05) is 54.1 Å². The Morgan fingerprint density at radius 2 is 1.62 bits per heavy atom. The van der Waals surface area contributed by atoms with Gasteiger partial charge in [0.25, 0.3) is 5.91 Å². The summed E-state index contributed by atoms with van der Waals surface area (Å²) in [5, 5.41) is 0.622. The quantitative estimate of drug-likeness (QED) is 0.617. The van der Waals surface area contributed by atoms with Crippen molar-refractivity contribution >= 4 is 23.2 Å². The zero-order chi connectivity index (χ0) is 16.9. The minimum Gasteiger partial charge on any atom is -0.304 e. The van der Waals surface area contributed by atoms with E-state index in [0.29, 0.717) is 17.1 Å². The average Bonchev–Trinajstić information content (AvgIpc) is 2.61. The van der Waals surface area contributed by atoms with Gasteiger partial charge in [-0.15, -0.1) is 0 Å². The molecule has 2 nitrogen and oxygen atoms in total. The first kappa shape index (κ1) is 16.3. The normalized spacial score (nSPS) is 10.4. The number of nitrogens with zero attached hydrogens (tertiary/aromatic N) is 1. The second-order valence-corrected chi connectivity index (χ2v) is 6.16. The van der Waals surface area contributed by atoms with Crippen LogP contribution in [0.4, 0.5) is 5.69 Å². The van der Waals surface area contributed by atoms with Crippen LogP contribution in [0.3, 0.4) is 0 Å². The number of anilines is 1. The second-order valence-electron chi connectivity index (χ2n) is 5.72. The van der Waals surface area contributed by atoms with Crippen LogP contribution in [0, 0.1) is 6.92 Å². The lowest BCUT2D eigenvalue weighted by molar-refractivity contribution is 0.0985. The summed E-state index contributed by atoms with van der Waals surface area (Å²) in [5.74, 6) is -0.0406. The van der Waals surface area contributed by atoms with Crippen LogP contribution in [0.15, 0.2) is 78.9 Å². The molecule has 0 atom stereocenters. The minimum absolute atomic E-state index is 0.0406. The summed E-state index contributed by atoms with van der Waals surface area (Å²) in [7, 11) is 0. The Bertz CT molecular complexity index is 828. The Kier molecular flexibility index (Phi) is 4.97. The molecule has 3 aromatic rings. The molecule has 0 aliphatic rings. The third-order valence-electron chi connectivity index (χ3n) is 3.83. The van der Waals surface area contributed by atoms with E-state index in [4.69, 9.17) is 11.6 Å². The van der Waals surface area contributed by atoms with E-state index in [1.165, 1.54) is 0 Å². The van der Waals surface area contributed by atoms with E-state index in [-0.39, 0.29) is 5.91 Å². The summed E-state index contributed by atoms with van der Waals surface area (Å²) in [6.45, 7) is 2.54. The third kappa shape index (κ3) is 3.84. The first-order chi connectivity index (χ1) is 11.6. The van der Waals surface area contributed by atoms with Crippen molar-refractivity contribution < 1.29 is 4.79 Å². The minimum atomic E-state index is -0.0406. The van der Waals surface area contributed by atoms with Gasteiger partial charge in [-0.25, -0.2) is 0 Å². The summed E-state index contributed by atoms with van der Waals surface area (Å²) in [6.07, 6.45) is 0. The predicted octanol–water partition coefficient (Wildman–Crippen LogP) is 5.50. The van der Waals surface area contributed by atoms with Crippen molar-refractivity contribution in [3.63, 3.8) is 0 Å². The van der Waals surface area contributed by atoms with E-state index in [0.717, 1.165) is 16.8 Å². The molecule has 0 bridgehead atoms. The van der Waals surface area contributed by atoms with Gasteiger partial charge in [-0.05, 0) is 54.4 Å². The first-order valence-electron chi connectivity index (χ1n) is 7.81. The molecule has 0 N–H and O–H groups in total. The Balaban J connectivity index is 1.97. The van der Waals surface area contributed by atoms with Crippen molar-refractivity contribution in [1.82, 2.24) is 0 Å². The van der Waals surface area contributed by atoms with Crippen molar-refractivity contribution in [1.29, 1.82) is 0 Å². The number of hydrogen-bond acceptors (Lipinski definition) is 1. The lowest BCUT2D eigenvalue weighted by atomic mass is 10.1. The molecule has 3 rings (SSSR count). The molecule has 0 unspecified atom stereocenters. The molecule has 120 valence electrons. The Morgan fingerprint density at radius 3 is 2.29 bits per heavy atom. The molecule has 24 heavy (non-hydrogen) atoms. The van der Waals surface area contributed by atoms with Gasteiger partial charge in [0.15, 0.2) is 0 Å². The fourth-order valence-electron chi connectivity index (χ4n) is 2.59. The van der Waals surface area contributed by atoms with Crippen LogP contribution in [0.25, 0.3) is 0 Å². The van der Waals surface area contributed by atoms with Crippen LogP contribution in [-0.2, 0) is 6.54 Å². The highest BCUT2D eigenvalue weighted by molar-refractivity contribution is 6.30. The summed E-state index contributed by atoms with van der Waals surface area (Å²) in [6, 6.07) is 25.0. The van der Waals surface area contributed by atoms with Crippen molar-refractivity contribution in [2.45, 2.75) is 13.5 Å². The van der Waals surface area contributed by atoms with E-state index < -0.39 is 0 Å². The Hall–Kier alpha value is -2.58. The van der Waals surface area contributed by atoms with E-state index in [1.54, 1.807) is 29.2 Å². The maximum Gasteiger partial charge on any atom is 0.258 e. The first-order valence-corrected chi connectivity index (χ1v) is 8.19. The van der Waals surface area contributed by atoms with Crippen LogP contribution in [-0.4, -0.2) is 5.91 Å². The second kappa shape index (κ2) is 7.33. The van der Waals surface area contributed by atoms with E-state index >= 15 is 0 Å². The van der Waals surface area contributed by atoms with Crippen molar-refractivity contribution in [3.05, 3.63) is 101 Å². The van der Waals surface area contributed by atoms with Gasteiger partial charge in [-0.3, -0.25) is 4.79 Å². The molecule has 0 saturated carbocycles. The Labute approximate surface area is 147 Å². The van der Waals surface area contributed by atoms with Crippen LogP contribution in [0.5, 0.6) is 0 Å². The largest absolute Gasteiger partial charge is 0.304 e. The zero-order valence-corrected chi connectivity index (χ0v) is 14.2. The van der Waals surface area contributed by atoms with Crippen LogP contribution >= 0.6 is 11.6 Å². The zero-order valence-electron chi connectivity index (χ0n) is 13.4. The number of benzene rings is 3. The van der Waals surface area contributed by atoms with Gasteiger partial charge < -0.3 is 4.90 Å². The molecule has 0 spiro atoms. The van der Waals surface area contributed by atoms with Gasteiger partial charge in [0.1, 0.15) is 0 Å². The highest BCUT2D eigenvalue weighted by atomic mass is 35.5. The number of carbonyl (C=O) groups excluding carboxylic acids is 1. The van der Waals surface area contributed by atoms with Gasteiger partial charge in [0.2, 0.25) is 0 Å². The molecule has 0 fully saturated rings. The maximum absolute atomic E-state index is 13.1. The van der Waals surface area contributed by atoms with Crippen molar-refractivity contribution in [2.24, 2.45) is 0 Å². The summed E-state index contributed by atoms with van der Waals surface area (Å²) >= 11 is 5.94. The molecule has 0 aliphatic carbocycles. The van der Waals surface area contributed by atoms with Crippen molar-refractivity contribution in [2.75, 3.05) is 4.90 Å². The fraction of sp³-hybridized carbons (Fsp3) is 0.0952. The number of carbonyl (C=O) groups is 1. The van der Waals surface area contributed by atoms with Gasteiger partial charge >= 0.3 is 0 Å². The third-order valence-corrected chi connectivity index (χ3v) is 4.09. The summed E-state index contributed by atoms with van der Waals surface area (Å²) in [4.78, 5) is 14.9. The number of halogens is 1. The lowest BCUT2D eigenvalue weighted by Gasteiger charge is -2.23. The molecule has 1 amide bonds. The van der Waals surface area contributed by atoms with Gasteiger partial charge in [-0.2, -0.15) is 0 Å². The monoisotopic (exact) mass is 335 g/mol. The number of aryl methyl sites for hydroxylation is 1. The molecule has 0 saturated heterocycles. The molecule has 0 aliphatic heterocycles. The fourth-order valence-corrected chi connectivity index (χ4v) is 2.72. The molecular weight excluding hydrogens is 318 g/mol. The molecule has 3 heteroatoms. The molecular formula is C21H18ClNO. The highest BCUT2D eigenvalue weighted by Gasteiger charge is 2.18. The highest BCUT2D eigenvalue weighted by Crippen LogP contribution is 2.22. The van der Waals surface area contributed by atoms with Crippen LogP contribution in [0.2, 0.25) is 5.02 Å². The van der Waals surface area contributed by atoms with E-state index in [9.17, 15) is 4.79 Å². The molecule has 0 heterocycles. The smallest absolute Gasteiger partial charge is 0.258 e. The van der Waals surface area contributed by atoms with Crippen LogP contribution < -0.4 is 4.90 Å². The van der Waals surface area contributed by atoms with Crippen LogP contribution in [0.1, 0.15) is 21.5 Å². The van der Waals surface area contributed by atoms with E-state index in [2.05, 4.69) is 0 Å². The number of rotatable bonds is 4. The lowest BCUT2D eigenvalue weighted by Crippen LogP contribution is -2.30. The maximum atomic E-state index is 13.1. The van der Waals surface area contributed by atoms with Gasteiger partial charge in [0, 0.05) is 16.3 Å². The number of amides is 1. The predicted molar refractivity (Wildman–Crippen MR) is 99.6 cm³/mol. The Morgan fingerprint density at radius 1 is 0.917 bits per heavy atom. The molecule has 0 radical (unpaired) electrons. The summed E-state index contributed by atoms with van der Waals surface area (Å²) < 4.78 is 0. The summed E-state index contributed by atoms with van der Waals surface area (Å²) in [5.41, 5.74) is 3.71. The van der Waals surface area contributed by atoms with Crippen molar-refractivity contribution in [3.8, 4) is 0 Å². The standard InChI is InChI=1S/C21H18ClNO/c1-16-6-5-9-20(14-16)23(15-17-7-3-2-4-8-17)21(24)18-10-12-19(22)13-11-18/h2-14H,15H2,1H3. The van der Waals surface area contributed by atoms with Gasteiger partial charge in [0.05, 0.1) is 6.54 Å². The molecule has 3 aromatic carbocycles.